The molecule has 2 aromatic rings. The number of nitrogens with zero attached hydrogens (tertiary/aromatic N) is 5. The molecule has 116 valence electrons. The van der Waals surface area contributed by atoms with Crippen LogP contribution in [0.1, 0.15) is 43.3 Å². The Hall–Kier alpha value is -2.02. The maximum atomic E-state index is 5.31. The molecule has 0 bridgehead atoms. The van der Waals surface area contributed by atoms with Gasteiger partial charge in [0.15, 0.2) is 11.6 Å². The van der Waals surface area contributed by atoms with E-state index in [2.05, 4.69) is 30.6 Å². The van der Waals surface area contributed by atoms with Gasteiger partial charge in [-0.05, 0) is 37.8 Å². The zero-order chi connectivity index (χ0) is 14.8. The van der Waals surface area contributed by atoms with Crippen molar-refractivity contribution in [3.8, 4) is 0 Å². The molecule has 0 unspecified atom stereocenters. The Bertz CT molecular complexity index is 612. The van der Waals surface area contributed by atoms with Crippen LogP contribution in [0.3, 0.4) is 0 Å². The number of hydrogen-bond acceptors (Lipinski definition) is 7. The molecule has 1 aliphatic heterocycles. The van der Waals surface area contributed by atoms with Crippen molar-refractivity contribution in [2.45, 2.75) is 44.2 Å². The summed E-state index contributed by atoms with van der Waals surface area (Å²) < 4.78 is 5.31. The third kappa shape index (κ3) is 3.09. The van der Waals surface area contributed by atoms with Crippen LogP contribution in [-0.2, 0) is 6.54 Å². The molecule has 4 rings (SSSR count). The first-order valence-corrected chi connectivity index (χ1v) is 7.97. The summed E-state index contributed by atoms with van der Waals surface area (Å²) in [7, 11) is 0. The Balaban J connectivity index is 1.32. The summed E-state index contributed by atoms with van der Waals surface area (Å²) in [6.07, 6.45) is 6.40. The number of aromatic nitrogens is 4. The van der Waals surface area contributed by atoms with Crippen molar-refractivity contribution in [2.75, 3.05) is 18.0 Å². The van der Waals surface area contributed by atoms with E-state index in [0.29, 0.717) is 24.4 Å². The summed E-state index contributed by atoms with van der Waals surface area (Å²) in [6, 6.07) is 4.35. The quantitative estimate of drug-likeness (QED) is 0.896. The van der Waals surface area contributed by atoms with Gasteiger partial charge in [0.2, 0.25) is 5.89 Å². The summed E-state index contributed by atoms with van der Waals surface area (Å²) >= 11 is 0. The summed E-state index contributed by atoms with van der Waals surface area (Å²) in [4.78, 5) is 6.73. The number of anilines is 1. The highest BCUT2D eigenvalue weighted by Crippen LogP contribution is 2.38. The number of nitrogens with one attached hydrogen (secondary N) is 1. The average molecular weight is 300 g/mol. The van der Waals surface area contributed by atoms with E-state index >= 15 is 0 Å². The van der Waals surface area contributed by atoms with E-state index < -0.39 is 0 Å². The van der Waals surface area contributed by atoms with Crippen LogP contribution >= 0.6 is 0 Å². The minimum absolute atomic E-state index is 0.409. The Morgan fingerprint density at radius 2 is 2.27 bits per heavy atom. The highest BCUT2D eigenvalue weighted by Gasteiger charge is 2.29. The van der Waals surface area contributed by atoms with Gasteiger partial charge in [-0.2, -0.15) is 10.1 Å². The molecule has 1 saturated carbocycles. The molecule has 7 heteroatoms. The van der Waals surface area contributed by atoms with Gasteiger partial charge in [-0.1, -0.05) is 5.16 Å². The molecule has 22 heavy (non-hydrogen) atoms. The Labute approximate surface area is 129 Å². The molecule has 7 nitrogen and oxygen atoms in total. The van der Waals surface area contributed by atoms with Crippen LogP contribution in [0, 0.1) is 0 Å². The third-order valence-electron chi connectivity index (χ3n) is 4.27. The van der Waals surface area contributed by atoms with E-state index in [-0.39, 0.29) is 0 Å². The molecular formula is C15H20N6O. The normalized spacial score (nSPS) is 22.0. The Morgan fingerprint density at radius 3 is 3.09 bits per heavy atom. The molecule has 0 amide bonds. The van der Waals surface area contributed by atoms with E-state index in [1.54, 1.807) is 6.20 Å². The van der Waals surface area contributed by atoms with Crippen molar-refractivity contribution in [3.63, 3.8) is 0 Å². The van der Waals surface area contributed by atoms with Gasteiger partial charge in [-0.3, -0.25) is 0 Å². The second kappa shape index (κ2) is 6.00. The highest BCUT2D eigenvalue weighted by atomic mass is 16.5. The molecule has 0 spiro atoms. The van der Waals surface area contributed by atoms with Crippen molar-refractivity contribution in [2.24, 2.45) is 0 Å². The van der Waals surface area contributed by atoms with Crippen LogP contribution in [0.25, 0.3) is 0 Å². The fourth-order valence-corrected chi connectivity index (χ4v) is 2.89. The predicted molar refractivity (Wildman–Crippen MR) is 80.4 cm³/mol. The maximum Gasteiger partial charge on any atom is 0.240 e. The van der Waals surface area contributed by atoms with Crippen LogP contribution in [0.4, 0.5) is 5.82 Å². The SMILES string of the molecule is c1cnnc(N2CCC[C@@H](NCc3nc(C4CC4)no3)C2)c1. The zero-order valence-electron chi connectivity index (χ0n) is 12.5. The molecule has 2 aliphatic rings. The highest BCUT2D eigenvalue weighted by molar-refractivity contribution is 5.37. The number of hydrogen-bond donors (Lipinski definition) is 1. The van der Waals surface area contributed by atoms with Gasteiger partial charge in [0, 0.05) is 31.2 Å². The maximum absolute atomic E-state index is 5.31. The molecule has 2 fully saturated rings. The molecule has 1 atom stereocenters. The largest absolute Gasteiger partial charge is 0.354 e. The lowest BCUT2D eigenvalue weighted by Crippen LogP contribution is -2.45. The van der Waals surface area contributed by atoms with E-state index in [9.17, 15) is 0 Å². The van der Waals surface area contributed by atoms with Crippen molar-refractivity contribution in [1.29, 1.82) is 0 Å². The van der Waals surface area contributed by atoms with Crippen molar-refractivity contribution < 1.29 is 4.52 Å². The topological polar surface area (TPSA) is 80.0 Å². The van der Waals surface area contributed by atoms with Gasteiger partial charge in [-0.25, -0.2) is 0 Å². The van der Waals surface area contributed by atoms with E-state index in [1.807, 2.05) is 12.1 Å². The van der Waals surface area contributed by atoms with Crippen LogP contribution in [-0.4, -0.2) is 39.5 Å². The summed E-state index contributed by atoms with van der Waals surface area (Å²) in [6.45, 7) is 2.60. The second-order valence-electron chi connectivity index (χ2n) is 6.07. The van der Waals surface area contributed by atoms with Gasteiger partial charge in [0.05, 0.1) is 6.54 Å². The second-order valence-corrected chi connectivity index (χ2v) is 6.07. The lowest BCUT2D eigenvalue weighted by atomic mass is 10.1. The first-order chi connectivity index (χ1) is 10.9. The smallest absolute Gasteiger partial charge is 0.240 e. The molecule has 2 aromatic heterocycles. The van der Waals surface area contributed by atoms with Crippen molar-refractivity contribution in [1.82, 2.24) is 25.7 Å². The summed E-state index contributed by atoms with van der Waals surface area (Å²) in [5.41, 5.74) is 0. The molecule has 0 aromatic carbocycles. The Morgan fingerprint density at radius 1 is 1.32 bits per heavy atom. The molecule has 1 aliphatic carbocycles. The van der Waals surface area contributed by atoms with Gasteiger partial charge >= 0.3 is 0 Å². The molecule has 1 saturated heterocycles. The third-order valence-corrected chi connectivity index (χ3v) is 4.27. The lowest BCUT2D eigenvalue weighted by Gasteiger charge is -2.33. The van der Waals surface area contributed by atoms with Crippen LogP contribution in [0.5, 0.6) is 0 Å². The van der Waals surface area contributed by atoms with Gasteiger partial charge < -0.3 is 14.7 Å². The fourth-order valence-electron chi connectivity index (χ4n) is 2.89. The van der Waals surface area contributed by atoms with Crippen LogP contribution in [0.2, 0.25) is 0 Å². The number of rotatable bonds is 5. The Kier molecular flexibility index (Phi) is 3.72. The average Bonchev–Trinajstić information content (AvgIpc) is 3.33. The molecule has 1 N–H and O–H groups in total. The van der Waals surface area contributed by atoms with Crippen molar-refractivity contribution >= 4 is 5.82 Å². The first kappa shape index (κ1) is 13.6. The van der Waals surface area contributed by atoms with Crippen LogP contribution in [0.15, 0.2) is 22.9 Å². The molecule has 0 radical (unpaired) electrons. The summed E-state index contributed by atoms with van der Waals surface area (Å²) in [5, 5.41) is 15.7. The van der Waals surface area contributed by atoms with Gasteiger partial charge in [0.25, 0.3) is 0 Å². The predicted octanol–water partition coefficient (Wildman–Crippen LogP) is 1.50. The van der Waals surface area contributed by atoms with E-state index in [1.165, 1.54) is 12.8 Å². The minimum Gasteiger partial charge on any atom is -0.354 e. The molecule has 3 heterocycles. The van der Waals surface area contributed by atoms with E-state index in [0.717, 1.165) is 37.6 Å². The van der Waals surface area contributed by atoms with Gasteiger partial charge in [0.1, 0.15) is 0 Å². The first-order valence-electron chi connectivity index (χ1n) is 7.97. The van der Waals surface area contributed by atoms with Crippen molar-refractivity contribution in [3.05, 3.63) is 30.0 Å². The van der Waals surface area contributed by atoms with Gasteiger partial charge in [-0.15, -0.1) is 5.10 Å². The van der Waals surface area contributed by atoms with Crippen LogP contribution < -0.4 is 10.2 Å². The molecular weight excluding hydrogens is 280 g/mol. The standard InChI is InChI=1S/C15H20N6O/c1-4-13(19-17-7-1)21-8-2-3-12(10-21)16-9-14-18-15(20-22-14)11-5-6-11/h1,4,7,11-12,16H,2-3,5-6,8-10H2/t12-/m1/s1. The fraction of sp³-hybridized carbons (Fsp3) is 0.600. The lowest BCUT2D eigenvalue weighted by molar-refractivity contribution is 0.341. The summed E-state index contributed by atoms with van der Waals surface area (Å²) in [5.74, 6) is 3.06. The number of piperidine rings is 1. The zero-order valence-corrected chi connectivity index (χ0v) is 12.5. The monoisotopic (exact) mass is 300 g/mol. The minimum atomic E-state index is 0.409. The van der Waals surface area contributed by atoms with E-state index in [4.69, 9.17) is 4.52 Å².